The lowest BCUT2D eigenvalue weighted by atomic mass is 9.96. The van der Waals surface area contributed by atoms with Crippen molar-refractivity contribution in [3.8, 4) is 17.1 Å². The maximum atomic E-state index is 12.6. The fraction of sp³-hybridized carbons (Fsp3) is 0.375. The molecular formula is C24H28N4O3. The second-order valence-electron chi connectivity index (χ2n) is 7.72. The van der Waals surface area contributed by atoms with E-state index >= 15 is 0 Å². The van der Waals surface area contributed by atoms with Crippen molar-refractivity contribution >= 4 is 5.91 Å². The highest BCUT2D eigenvalue weighted by Crippen LogP contribution is 2.21. The molecule has 1 N–H and O–H groups in total. The molecule has 1 fully saturated rings. The van der Waals surface area contributed by atoms with E-state index in [1.165, 1.54) is 0 Å². The summed E-state index contributed by atoms with van der Waals surface area (Å²) in [5, 5.41) is 7.15. The molecule has 0 bridgehead atoms. The number of ether oxygens (including phenoxy) is 1. The second kappa shape index (κ2) is 10.2. The van der Waals surface area contributed by atoms with Crippen LogP contribution in [-0.4, -0.2) is 40.6 Å². The van der Waals surface area contributed by atoms with Crippen LogP contribution < -0.4 is 10.1 Å². The van der Waals surface area contributed by atoms with Crippen LogP contribution in [0.15, 0.2) is 59.1 Å². The average molecular weight is 421 g/mol. The lowest BCUT2D eigenvalue weighted by molar-refractivity contribution is -0.126. The maximum Gasteiger partial charge on any atom is 0.241 e. The predicted octanol–water partition coefficient (Wildman–Crippen LogP) is 3.66. The van der Waals surface area contributed by atoms with Gasteiger partial charge in [0.1, 0.15) is 5.75 Å². The summed E-state index contributed by atoms with van der Waals surface area (Å²) in [5.74, 6) is 2.23. The molecule has 1 amide bonds. The van der Waals surface area contributed by atoms with Gasteiger partial charge in [-0.15, -0.1) is 0 Å². The Morgan fingerprint density at radius 2 is 1.87 bits per heavy atom. The van der Waals surface area contributed by atoms with Crippen molar-refractivity contribution in [1.82, 2.24) is 20.4 Å². The number of carbonyl (C=O) groups excluding carboxylic acids is 1. The SMILES string of the molecule is CCOc1ccc(CNC(=O)C2CCN(Cc3nc(-c4ccccc4)no3)CC2)cc1. The first-order chi connectivity index (χ1) is 15.2. The van der Waals surface area contributed by atoms with Crippen molar-refractivity contribution in [2.45, 2.75) is 32.9 Å². The molecule has 1 aliphatic rings. The van der Waals surface area contributed by atoms with Gasteiger partial charge in [0.05, 0.1) is 13.2 Å². The van der Waals surface area contributed by atoms with Crippen LogP contribution in [0.4, 0.5) is 0 Å². The van der Waals surface area contributed by atoms with Gasteiger partial charge in [-0.2, -0.15) is 4.98 Å². The summed E-state index contributed by atoms with van der Waals surface area (Å²) in [6, 6.07) is 17.6. The second-order valence-corrected chi connectivity index (χ2v) is 7.72. The summed E-state index contributed by atoms with van der Waals surface area (Å²) < 4.78 is 10.9. The van der Waals surface area contributed by atoms with Crippen LogP contribution in [0.1, 0.15) is 31.2 Å². The molecular weight excluding hydrogens is 392 g/mol. The number of hydrogen-bond donors (Lipinski definition) is 1. The molecule has 31 heavy (non-hydrogen) atoms. The number of rotatable bonds is 8. The van der Waals surface area contributed by atoms with Crippen molar-refractivity contribution in [1.29, 1.82) is 0 Å². The molecule has 0 spiro atoms. The molecule has 7 nitrogen and oxygen atoms in total. The van der Waals surface area contributed by atoms with Crippen molar-refractivity contribution in [2.24, 2.45) is 5.92 Å². The minimum absolute atomic E-state index is 0.0431. The van der Waals surface area contributed by atoms with Crippen LogP contribution in [0.3, 0.4) is 0 Å². The predicted molar refractivity (Wildman–Crippen MR) is 117 cm³/mol. The standard InChI is InChI=1S/C24H28N4O3/c1-2-30-21-10-8-18(9-11-21)16-25-24(29)20-12-14-28(15-13-20)17-22-26-23(27-31-22)19-6-4-3-5-7-19/h3-11,20H,2,12-17H2,1H3,(H,25,29). The van der Waals surface area contributed by atoms with Crippen LogP contribution in [0.25, 0.3) is 11.4 Å². The molecule has 2 heterocycles. The molecule has 1 aliphatic heterocycles. The van der Waals surface area contributed by atoms with E-state index in [0.717, 1.165) is 42.8 Å². The zero-order chi connectivity index (χ0) is 21.5. The Labute approximate surface area is 182 Å². The number of nitrogens with one attached hydrogen (secondary N) is 1. The van der Waals surface area contributed by atoms with Gasteiger partial charge in [-0.3, -0.25) is 9.69 Å². The third kappa shape index (κ3) is 5.70. The highest BCUT2D eigenvalue weighted by atomic mass is 16.5. The zero-order valence-electron chi connectivity index (χ0n) is 17.8. The first-order valence-electron chi connectivity index (χ1n) is 10.8. The fourth-order valence-corrected chi connectivity index (χ4v) is 3.77. The van der Waals surface area contributed by atoms with Gasteiger partial charge >= 0.3 is 0 Å². The van der Waals surface area contributed by atoms with Crippen molar-refractivity contribution in [2.75, 3.05) is 19.7 Å². The monoisotopic (exact) mass is 420 g/mol. The lowest BCUT2D eigenvalue weighted by Gasteiger charge is -2.30. The summed E-state index contributed by atoms with van der Waals surface area (Å²) in [6.45, 7) is 5.43. The average Bonchev–Trinajstić information content (AvgIpc) is 3.28. The van der Waals surface area contributed by atoms with Gasteiger partial charge in [0.2, 0.25) is 17.6 Å². The summed E-state index contributed by atoms with van der Waals surface area (Å²) in [7, 11) is 0. The van der Waals surface area contributed by atoms with E-state index in [1.807, 2.05) is 61.5 Å². The molecule has 1 aromatic heterocycles. The Morgan fingerprint density at radius 3 is 2.58 bits per heavy atom. The van der Waals surface area contributed by atoms with Crippen LogP contribution >= 0.6 is 0 Å². The smallest absolute Gasteiger partial charge is 0.241 e. The number of aromatic nitrogens is 2. The van der Waals surface area contributed by atoms with Crippen LogP contribution in [0, 0.1) is 5.92 Å². The topological polar surface area (TPSA) is 80.5 Å². The van der Waals surface area contributed by atoms with E-state index in [4.69, 9.17) is 9.26 Å². The van der Waals surface area contributed by atoms with Crippen LogP contribution in [0.5, 0.6) is 5.75 Å². The first kappa shape index (κ1) is 21.1. The Balaban J connectivity index is 1.21. The molecule has 162 valence electrons. The molecule has 0 aliphatic carbocycles. The Hall–Kier alpha value is -3.19. The minimum Gasteiger partial charge on any atom is -0.494 e. The molecule has 0 saturated carbocycles. The third-order valence-electron chi connectivity index (χ3n) is 5.52. The van der Waals surface area contributed by atoms with E-state index in [2.05, 4.69) is 20.4 Å². The van der Waals surface area contributed by atoms with Gasteiger partial charge in [0.25, 0.3) is 0 Å². The van der Waals surface area contributed by atoms with E-state index < -0.39 is 0 Å². The lowest BCUT2D eigenvalue weighted by Crippen LogP contribution is -2.40. The Kier molecular flexibility index (Phi) is 6.94. The zero-order valence-corrected chi connectivity index (χ0v) is 17.8. The Morgan fingerprint density at radius 1 is 1.13 bits per heavy atom. The molecule has 7 heteroatoms. The van der Waals surface area contributed by atoms with E-state index in [0.29, 0.717) is 31.4 Å². The normalized spacial score (nSPS) is 15.0. The molecule has 0 unspecified atom stereocenters. The molecule has 4 rings (SSSR count). The van der Waals surface area contributed by atoms with E-state index in [1.54, 1.807) is 0 Å². The molecule has 2 aromatic carbocycles. The van der Waals surface area contributed by atoms with Gasteiger partial charge in [0, 0.05) is 18.0 Å². The molecule has 1 saturated heterocycles. The molecule has 0 radical (unpaired) electrons. The molecule has 0 atom stereocenters. The van der Waals surface area contributed by atoms with Crippen LogP contribution in [-0.2, 0) is 17.9 Å². The summed E-state index contributed by atoms with van der Waals surface area (Å²) in [6.07, 6.45) is 1.66. The number of likely N-dealkylation sites (tertiary alicyclic amines) is 1. The van der Waals surface area contributed by atoms with Gasteiger partial charge in [-0.25, -0.2) is 0 Å². The van der Waals surface area contributed by atoms with Crippen molar-refractivity contribution < 1.29 is 14.1 Å². The summed E-state index contributed by atoms with van der Waals surface area (Å²) in [4.78, 5) is 19.3. The van der Waals surface area contributed by atoms with Gasteiger partial charge in [-0.05, 0) is 50.6 Å². The van der Waals surface area contributed by atoms with E-state index in [-0.39, 0.29) is 11.8 Å². The number of hydrogen-bond acceptors (Lipinski definition) is 6. The number of nitrogens with zero attached hydrogens (tertiary/aromatic N) is 3. The number of carbonyl (C=O) groups is 1. The molecule has 3 aromatic rings. The maximum absolute atomic E-state index is 12.6. The van der Waals surface area contributed by atoms with Gasteiger partial charge in [-0.1, -0.05) is 47.6 Å². The highest BCUT2D eigenvalue weighted by molar-refractivity contribution is 5.78. The summed E-state index contributed by atoms with van der Waals surface area (Å²) in [5.41, 5.74) is 2.01. The van der Waals surface area contributed by atoms with Gasteiger partial charge in [0.15, 0.2) is 0 Å². The minimum atomic E-state index is 0.0431. The number of benzene rings is 2. The largest absolute Gasteiger partial charge is 0.494 e. The van der Waals surface area contributed by atoms with Crippen molar-refractivity contribution in [3.63, 3.8) is 0 Å². The number of piperidine rings is 1. The summed E-state index contributed by atoms with van der Waals surface area (Å²) >= 11 is 0. The Bertz CT molecular complexity index is 964. The quantitative estimate of drug-likeness (QED) is 0.599. The van der Waals surface area contributed by atoms with Crippen LogP contribution in [0.2, 0.25) is 0 Å². The first-order valence-corrected chi connectivity index (χ1v) is 10.8. The fourth-order valence-electron chi connectivity index (χ4n) is 3.77. The highest BCUT2D eigenvalue weighted by Gasteiger charge is 2.25. The third-order valence-corrected chi connectivity index (χ3v) is 5.52. The van der Waals surface area contributed by atoms with Gasteiger partial charge < -0.3 is 14.6 Å². The number of amides is 1. The van der Waals surface area contributed by atoms with E-state index in [9.17, 15) is 4.79 Å². The van der Waals surface area contributed by atoms with Crippen molar-refractivity contribution in [3.05, 3.63) is 66.1 Å².